The number of unbranched alkanes of at least 4 members (excludes halogenated alkanes) is 1. The van der Waals surface area contributed by atoms with Crippen molar-refractivity contribution in [2.24, 2.45) is 0 Å². The Balaban J connectivity index is 2.30. The molecule has 0 saturated heterocycles. The van der Waals surface area contributed by atoms with E-state index in [1.807, 2.05) is 0 Å². The number of rotatable bonds is 5. The van der Waals surface area contributed by atoms with Gasteiger partial charge in [0.25, 0.3) is 0 Å². The zero-order valence-corrected chi connectivity index (χ0v) is 10.3. The number of fused-ring (bicyclic) bond motifs is 1. The minimum atomic E-state index is 0.719. The molecule has 1 aromatic carbocycles. The third kappa shape index (κ3) is 2.13. The lowest BCUT2D eigenvalue weighted by Crippen LogP contribution is -1.96. The number of H-pyrrole nitrogens is 1. The van der Waals surface area contributed by atoms with Gasteiger partial charge in [-0.2, -0.15) is 0 Å². The Labute approximate surface area is 97.9 Å². The second-order valence-electron chi connectivity index (χ2n) is 4.54. The number of nitrogens with one attached hydrogen (secondary N) is 1. The molecule has 0 saturated carbocycles. The summed E-state index contributed by atoms with van der Waals surface area (Å²) in [6.45, 7) is 4.56. The molecule has 0 radical (unpaired) electrons. The molecule has 2 rings (SSSR count). The summed E-state index contributed by atoms with van der Waals surface area (Å²) in [4.78, 5) is 3.38. The van der Waals surface area contributed by atoms with Crippen molar-refractivity contribution in [3.8, 4) is 0 Å². The number of aromatic amines is 1. The summed E-state index contributed by atoms with van der Waals surface area (Å²) in [5.41, 5.74) is 2.78. The van der Waals surface area contributed by atoms with Crippen LogP contribution in [-0.2, 0) is 0 Å². The molecule has 0 fully saturated rings. The van der Waals surface area contributed by atoms with Gasteiger partial charge in [-0.05, 0) is 30.4 Å². The molecular formula is C15H21N. The summed E-state index contributed by atoms with van der Waals surface area (Å²) in [5, 5.41) is 1.41. The Morgan fingerprint density at radius 2 is 2.00 bits per heavy atom. The summed E-state index contributed by atoms with van der Waals surface area (Å²) >= 11 is 0. The van der Waals surface area contributed by atoms with Gasteiger partial charge in [0.15, 0.2) is 0 Å². The van der Waals surface area contributed by atoms with E-state index in [1.165, 1.54) is 42.1 Å². The lowest BCUT2D eigenvalue weighted by Gasteiger charge is -2.13. The SMILES string of the molecule is CCCCC(CC)c1c[nH]c2ccccc12. The van der Waals surface area contributed by atoms with Crippen LogP contribution in [-0.4, -0.2) is 4.98 Å². The topological polar surface area (TPSA) is 15.8 Å². The van der Waals surface area contributed by atoms with Crippen molar-refractivity contribution in [1.29, 1.82) is 0 Å². The molecule has 0 aliphatic carbocycles. The Bertz CT molecular complexity index is 441. The number of para-hydroxylation sites is 1. The standard InChI is InChI=1S/C15H21N/c1-3-5-8-12(4-2)14-11-16-15-10-7-6-9-13(14)15/h6-7,9-12,16H,3-5,8H2,1-2H3. The van der Waals surface area contributed by atoms with E-state index in [2.05, 4.69) is 49.3 Å². The highest BCUT2D eigenvalue weighted by Gasteiger charge is 2.12. The molecule has 0 amide bonds. The second kappa shape index (κ2) is 5.20. The van der Waals surface area contributed by atoms with E-state index < -0.39 is 0 Å². The number of hydrogen-bond donors (Lipinski definition) is 1. The molecule has 0 aliphatic rings. The molecule has 16 heavy (non-hydrogen) atoms. The summed E-state index contributed by atoms with van der Waals surface area (Å²) < 4.78 is 0. The molecule has 0 bridgehead atoms. The maximum atomic E-state index is 3.38. The van der Waals surface area contributed by atoms with E-state index in [0.717, 1.165) is 5.92 Å². The van der Waals surface area contributed by atoms with Gasteiger partial charge >= 0.3 is 0 Å². The van der Waals surface area contributed by atoms with Crippen molar-refractivity contribution in [3.05, 3.63) is 36.0 Å². The van der Waals surface area contributed by atoms with Crippen LogP contribution in [0.2, 0.25) is 0 Å². The zero-order valence-electron chi connectivity index (χ0n) is 10.3. The number of hydrogen-bond acceptors (Lipinski definition) is 0. The summed E-state index contributed by atoms with van der Waals surface area (Å²) in [5.74, 6) is 0.719. The van der Waals surface area contributed by atoms with Crippen molar-refractivity contribution in [3.63, 3.8) is 0 Å². The van der Waals surface area contributed by atoms with Crippen molar-refractivity contribution < 1.29 is 0 Å². The average Bonchev–Trinajstić information content (AvgIpc) is 2.75. The zero-order chi connectivity index (χ0) is 11.4. The van der Waals surface area contributed by atoms with Gasteiger partial charge < -0.3 is 4.98 Å². The van der Waals surface area contributed by atoms with Crippen LogP contribution < -0.4 is 0 Å². The summed E-state index contributed by atoms with van der Waals surface area (Å²) in [6.07, 6.45) is 7.38. The minimum absolute atomic E-state index is 0.719. The highest BCUT2D eigenvalue weighted by Crippen LogP contribution is 2.31. The molecule has 1 nitrogen and oxygen atoms in total. The van der Waals surface area contributed by atoms with Gasteiger partial charge in [0.1, 0.15) is 0 Å². The monoisotopic (exact) mass is 215 g/mol. The van der Waals surface area contributed by atoms with Crippen LogP contribution in [0.25, 0.3) is 10.9 Å². The normalized spacial score (nSPS) is 13.1. The van der Waals surface area contributed by atoms with Gasteiger partial charge in [-0.15, -0.1) is 0 Å². The van der Waals surface area contributed by atoms with E-state index >= 15 is 0 Å². The molecule has 86 valence electrons. The fourth-order valence-electron chi connectivity index (χ4n) is 2.46. The number of benzene rings is 1. The van der Waals surface area contributed by atoms with Crippen LogP contribution in [0.3, 0.4) is 0 Å². The lowest BCUT2D eigenvalue weighted by atomic mass is 9.91. The Kier molecular flexibility index (Phi) is 3.66. The third-order valence-corrected chi connectivity index (χ3v) is 3.46. The Hall–Kier alpha value is -1.24. The van der Waals surface area contributed by atoms with Crippen molar-refractivity contribution >= 4 is 10.9 Å². The van der Waals surface area contributed by atoms with Gasteiger partial charge in [0.2, 0.25) is 0 Å². The fraction of sp³-hybridized carbons (Fsp3) is 0.467. The summed E-state index contributed by atoms with van der Waals surface area (Å²) in [6, 6.07) is 8.61. The van der Waals surface area contributed by atoms with Gasteiger partial charge in [0, 0.05) is 17.1 Å². The smallest absolute Gasteiger partial charge is 0.0456 e. The molecule has 2 aromatic rings. The highest BCUT2D eigenvalue weighted by atomic mass is 14.7. The minimum Gasteiger partial charge on any atom is -0.361 e. The second-order valence-corrected chi connectivity index (χ2v) is 4.54. The predicted molar refractivity (Wildman–Crippen MR) is 70.9 cm³/mol. The van der Waals surface area contributed by atoms with Crippen LogP contribution in [0.1, 0.15) is 51.0 Å². The maximum absolute atomic E-state index is 3.38. The van der Waals surface area contributed by atoms with E-state index in [0.29, 0.717) is 0 Å². The fourth-order valence-corrected chi connectivity index (χ4v) is 2.46. The van der Waals surface area contributed by atoms with Gasteiger partial charge in [0.05, 0.1) is 0 Å². The molecule has 1 atom stereocenters. The predicted octanol–water partition coefficient (Wildman–Crippen LogP) is 4.85. The van der Waals surface area contributed by atoms with Crippen LogP contribution >= 0.6 is 0 Å². The highest BCUT2D eigenvalue weighted by molar-refractivity contribution is 5.83. The largest absolute Gasteiger partial charge is 0.361 e. The average molecular weight is 215 g/mol. The van der Waals surface area contributed by atoms with Gasteiger partial charge in [-0.25, -0.2) is 0 Å². The maximum Gasteiger partial charge on any atom is 0.0456 e. The molecule has 1 N–H and O–H groups in total. The van der Waals surface area contributed by atoms with Crippen molar-refractivity contribution in [2.75, 3.05) is 0 Å². The molecular weight excluding hydrogens is 194 g/mol. The quantitative estimate of drug-likeness (QED) is 0.733. The first-order valence-corrected chi connectivity index (χ1v) is 6.42. The molecule has 1 aromatic heterocycles. The molecule has 1 heteroatoms. The molecule has 0 spiro atoms. The van der Waals surface area contributed by atoms with Crippen molar-refractivity contribution in [2.45, 2.75) is 45.4 Å². The van der Waals surface area contributed by atoms with Crippen molar-refractivity contribution in [1.82, 2.24) is 4.98 Å². The molecule has 1 unspecified atom stereocenters. The van der Waals surface area contributed by atoms with Crippen LogP contribution in [0.5, 0.6) is 0 Å². The van der Waals surface area contributed by atoms with E-state index in [4.69, 9.17) is 0 Å². The lowest BCUT2D eigenvalue weighted by molar-refractivity contribution is 0.573. The molecule has 1 heterocycles. The molecule has 0 aliphatic heterocycles. The number of aromatic nitrogens is 1. The first-order valence-electron chi connectivity index (χ1n) is 6.42. The van der Waals surface area contributed by atoms with Crippen LogP contribution in [0.4, 0.5) is 0 Å². The summed E-state index contributed by atoms with van der Waals surface area (Å²) in [7, 11) is 0. The third-order valence-electron chi connectivity index (χ3n) is 3.46. The Morgan fingerprint density at radius 1 is 1.19 bits per heavy atom. The van der Waals surface area contributed by atoms with Gasteiger partial charge in [-0.1, -0.05) is 44.9 Å². The first-order chi connectivity index (χ1) is 7.86. The Morgan fingerprint density at radius 3 is 2.75 bits per heavy atom. The van der Waals surface area contributed by atoms with E-state index in [-0.39, 0.29) is 0 Å². The van der Waals surface area contributed by atoms with E-state index in [9.17, 15) is 0 Å². The van der Waals surface area contributed by atoms with Crippen LogP contribution in [0.15, 0.2) is 30.5 Å². The van der Waals surface area contributed by atoms with Crippen LogP contribution in [0, 0.1) is 0 Å². The van der Waals surface area contributed by atoms with Gasteiger partial charge in [-0.3, -0.25) is 0 Å². The van der Waals surface area contributed by atoms with E-state index in [1.54, 1.807) is 0 Å². The first kappa shape index (κ1) is 11.3.